The van der Waals surface area contributed by atoms with E-state index in [9.17, 15) is 9.59 Å². The Morgan fingerprint density at radius 1 is 1.29 bits per heavy atom. The quantitative estimate of drug-likeness (QED) is 0.903. The number of nitrogens with zero attached hydrogens (tertiary/aromatic N) is 2. The minimum atomic E-state index is -0.513. The Hall–Kier alpha value is -2.50. The number of rotatable bonds is 4. The molecule has 24 heavy (non-hydrogen) atoms. The molecule has 1 amide bonds. The number of H-pyrrole nitrogens is 1. The van der Waals surface area contributed by atoms with Crippen LogP contribution < -0.4 is 10.9 Å². The maximum Gasteiger partial charge on any atom is 0.251 e. The first-order chi connectivity index (χ1) is 11.2. The average molecular weight is 328 g/mol. The minimum Gasteiger partial charge on any atom is -0.347 e. The van der Waals surface area contributed by atoms with Gasteiger partial charge in [0.1, 0.15) is 5.82 Å². The van der Waals surface area contributed by atoms with Gasteiger partial charge in [-0.15, -0.1) is 0 Å². The van der Waals surface area contributed by atoms with Crippen LogP contribution in [-0.4, -0.2) is 20.9 Å². The van der Waals surface area contributed by atoms with Crippen LogP contribution in [0.4, 0.5) is 0 Å². The van der Waals surface area contributed by atoms with Crippen molar-refractivity contribution >= 4 is 5.91 Å². The van der Waals surface area contributed by atoms with E-state index in [0.717, 1.165) is 5.56 Å². The normalized spacial score (nSPS) is 12.9. The molecule has 6 heteroatoms. The summed E-state index contributed by atoms with van der Waals surface area (Å²) >= 11 is 0. The highest BCUT2D eigenvalue weighted by atomic mass is 16.2. The van der Waals surface area contributed by atoms with Gasteiger partial charge in [-0.2, -0.15) is 0 Å². The second-order valence-electron chi connectivity index (χ2n) is 7.21. The molecule has 0 radical (unpaired) electrons. The zero-order chi connectivity index (χ0) is 17.9. The summed E-state index contributed by atoms with van der Waals surface area (Å²) in [5.41, 5.74) is 0.501. The van der Waals surface area contributed by atoms with E-state index in [1.807, 2.05) is 40.7 Å². The predicted octanol–water partition coefficient (Wildman–Crippen LogP) is 2.69. The van der Waals surface area contributed by atoms with Crippen molar-refractivity contribution in [1.29, 1.82) is 0 Å². The lowest BCUT2D eigenvalue weighted by atomic mass is 9.93. The monoisotopic (exact) mass is 328 g/mol. The van der Waals surface area contributed by atoms with Crippen molar-refractivity contribution in [1.82, 2.24) is 20.3 Å². The second-order valence-corrected chi connectivity index (χ2v) is 7.21. The van der Waals surface area contributed by atoms with Gasteiger partial charge in [-0.25, -0.2) is 4.98 Å². The predicted molar refractivity (Wildman–Crippen MR) is 93.3 cm³/mol. The summed E-state index contributed by atoms with van der Waals surface area (Å²) in [7, 11) is 0. The van der Waals surface area contributed by atoms with E-state index in [0.29, 0.717) is 11.5 Å². The van der Waals surface area contributed by atoms with Crippen LogP contribution in [0.25, 0.3) is 11.4 Å². The summed E-state index contributed by atoms with van der Waals surface area (Å²) in [6.45, 7) is 9.53. The Morgan fingerprint density at radius 3 is 2.54 bits per heavy atom. The Labute approximate surface area is 141 Å². The van der Waals surface area contributed by atoms with Gasteiger partial charge in [-0.1, -0.05) is 34.6 Å². The van der Waals surface area contributed by atoms with Gasteiger partial charge in [0.15, 0.2) is 0 Å². The van der Waals surface area contributed by atoms with Crippen LogP contribution in [0.5, 0.6) is 0 Å². The van der Waals surface area contributed by atoms with Gasteiger partial charge >= 0.3 is 0 Å². The van der Waals surface area contributed by atoms with Gasteiger partial charge in [0.2, 0.25) is 5.91 Å². The van der Waals surface area contributed by atoms with Crippen molar-refractivity contribution in [3.05, 3.63) is 46.6 Å². The standard InChI is InChI=1S/C18H24N4O2/c1-11(2)15(22-17(24)18(3,4)5)13-9-14(23)21-16(20-13)12-7-6-8-19-10-12/h6-11,15H,1-5H3,(H,22,24)(H,20,21,23)/t15-/m1/s1. The van der Waals surface area contributed by atoms with E-state index in [2.05, 4.69) is 20.3 Å². The molecule has 128 valence electrons. The number of pyridine rings is 1. The molecule has 0 aliphatic heterocycles. The van der Waals surface area contributed by atoms with Gasteiger partial charge in [0.25, 0.3) is 5.56 Å². The lowest BCUT2D eigenvalue weighted by molar-refractivity contribution is -0.129. The fourth-order valence-electron chi connectivity index (χ4n) is 2.22. The summed E-state index contributed by atoms with van der Waals surface area (Å²) in [4.78, 5) is 35.7. The smallest absolute Gasteiger partial charge is 0.251 e. The molecule has 2 aromatic heterocycles. The van der Waals surface area contributed by atoms with E-state index >= 15 is 0 Å². The number of carbonyl (C=O) groups excluding carboxylic acids is 1. The van der Waals surface area contributed by atoms with Gasteiger partial charge in [-0.05, 0) is 18.1 Å². The molecule has 0 fully saturated rings. The largest absolute Gasteiger partial charge is 0.347 e. The summed E-state index contributed by atoms with van der Waals surface area (Å²) in [5.74, 6) is 0.458. The number of hydrogen-bond donors (Lipinski definition) is 2. The number of carbonyl (C=O) groups is 1. The fourth-order valence-corrected chi connectivity index (χ4v) is 2.22. The first-order valence-electron chi connectivity index (χ1n) is 8.01. The van der Waals surface area contributed by atoms with Gasteiger partial charge in [-0.3, -0.25) is 14.6 Å². The van der Waals surface area contributed by atoms with Crippen molar-refractivity contribution in [2.45, 2.75) is 40.7 Å². The molecule has 0 spiro atoms. The Bertz CT molecular complexity index is 761. The molecule has 0 bridgehead atoms. The molecule has 0 saturated heterocycles. The molecule has 2 heterocycles. The highest BCUT2D eigenvalue weighted by molar-refractivity contribution is 5.81. The maximum absolute atomic E-state index is 12.4. The molecule has 0 unspecified atom stereocenters. The molecule has 1 atom stereocenters. The Kier molecular flexibility index (Phi) is 5.17. The van der Waals surface area contributed by atoms with Gasteiger partial charge in [0.05, 0.1) is 11.7 Å². The van der Waals surface area contributed by atoms with Crippen LogP contribution >= 0.6 is 0 Å². The molecular weight excluding hydrogens is 304 g/mol. The highest BCUT2D eigenvalue weighted by Crippen LogP contribution is 2.23. The van der Waals surface area contributed by atoms with Crippen molar-refractivity contribution in [2.24, 2.45) is 11.3 Å². The summed E-state index contributed by atoms with van der Waals surface area (Å²) in [6.07, 6.45) is 3.30. The zero-order valence-corrected chi connectivity index (χ0v) is 14.8. The highest BCUT2D eigenvalue weighted by Gasteiger charge is 2.27. The first kappa shape index (κ1) is 17.8. The molecule has 0 saturated carbocycles. The van der Waals surface area contributed by atoms with Crippen LogP contribution in [0, 0.1) is 11.3 Å². The Balaban J connectivity index is 2.43. The minimum absolute atomic E-state index is 0.0776. The molecule has 0 aliphatic rings. The molecule has 2 N–H and O–H groups in total. The van der Waals surface area contributed by atoms with E-state index in [-0.39, 0.29) is 23.4 Å². The molecule has 2 rings (SSSR count). The number of amides is 1. The van der Waals surface area contributed by atoms with Crippen LogP contribution in [0.3, 0.4) is 0 Å². The van der Waals surface area contributed by atoms with Gasteiger partial charge < -0.3 is 10.3 Å². The summed E-state index contributed by atoms with van der Waals surface area (Å²) in [6, 6.07) is 4.71. The van der Waals surface area contributed by atoms with Crippen molar-refractivity contribution in [3.8, 4) is 11.4 Å². The third-order valence-corrected chi connectivity index (χ3v) is 3.65. The first-order valence-corrected chi connectivity index (χ1v) is 8.01. The fraction of sp³-hybridized carbons (Fsp3) is 0.444. The maximum atomic E-state index is 12.4. The van der Waals surface area contributed by atoms with Crippen LogP contribution in [0.15, 0.2) is 35.4 Å². The summed E-state index contributed by atoms with van der Waals surface area (Å²) in [5, 5.41) is 3.01. The van der Waals surface area contributed by atoms with Crippen molar-refractivity contribution < 1.29 is 4.79 Å². The average Bonchev–Trinajstić information content (AvgIpc) is 2.51. The van der Waals surface area contributed by atoms with E-state index in [1.165, 1.54) is 6.07 Å². The van der Waals surface area contributed by atoms with Crippen LogP contribution in [0.1, 0.15) is 46.4 Å². The number of nitrogens with one attached hydrogen (secondary N) is 2. The molecule has 0 aliphatic carbocycles. The number of hydrogen-bond acceptors (Lipinski definition) is 4. The lowest BCUT2D eigenvalue weighted by Crippen LogP contribution is -2.40. The van der Waals surface area contributed by atoms with E-state index in [1.54, 1.807) is 18.5 Å². The number of aromatic amines is 1. The van der Waals surface area contributed by atoms with E-state index in [4.69, 9.17) is 0 Å². The Morgan fingerprint density at radius 2 is 2.00 bits per heavy atom. The third-order valence-electron chi connectivity index (χ3n) is 3.65. The van der Waals surface area contributed by atoms with Crippen LogP contribution in [0.2, 0.25) is 0 Å². The summed E-state index contributed by atoms with van der Waals surface area (Å²) < 4.78 is 0. The lowest BCUT2D eigenvalue weighted by Gasteiger charge is -2.26. The molecular formula is C18H24N4O2. The SMILES string of the molecule is CC(C)[C@@H](NC(=O)C(C)(C)C)c1cc(=O)[nH]c(-c2cccnc2)n1. The van der Waals surface area contributed by atoms with Crippen molar-refractivity contribution in [2.75, 3.05) is 0 Å². The molecule has 6 nitrogen and oxygen atoms in total. The van der Waals surface area contributed by atoms with Crippen LogP contribution in [-0.2, 0) is 4.79 Å². The van der Waals surface area contributed by atoms with E-state index < -0.39 is 5.41 Å². The molecule has 0 aromatic carbocycles. The molecule has 2 aromatic rings. The number of aromatic nitrogens is 3. The topological polar surface area (TPSA) is 87.7 Å². The van der Waals surface area contributed by atoms with Crippen molar-refractivity contribution in [3.63, 3.8) is 0 Å². The second kappa shape index (κ2) is 6.95. The zero-order valence-electron chi connectivity index (χ0n) is 14.8. The van der Waals surface area contributed by atoms with Gasteiger partial charge in [0, 0.05) is 29.4 Å². The third kappa shape index (κ3) is 4.28.